The van der Waals surface area contributed by atoms with Crippen LogP contribution in [0.3, 0.4) is 0 Å². The Morgan fingerprint density at radius 3 is 2.93 bits per heavy atom. The first-order chi connectivity index (χ1) is 6.63. The Hall–Kier alpha value is -0.750. The third kappa shape index (κ3) is 3.19. The number of rotatable bonds is 3. The van der Waals surface area contributed by atoms with Crippen LogP contribution in [-0.4, -0.2) is 28.0 Å². The molecule has 0 saturated heterocycles. The average molecular weight is 278 g/mol. The van der Waals surface area contributed by atoms with Gasteiger partial charge in [-0.3, -0.25) is 14.0 Å². The van der Waals surface area contributed by atoms with Crippen LogP contribution in [-0.2, 0) is 20.3 Å². The van der Waals surface area contributed by atoms with Crippen molar-refractivity contribution in [3.63, 3.8) is 0 Å². The van der Waals surface area contributed by atoms with E-state index >= 15 is 0 Å². The molecule has 0 fully saturated rings. The summed E-state index contributed by atoms with van der Waals surface area (Å²) in [4.78, 5) is 15.2. The third-order valence-corrected chi connectivity index (χ3v) is 3.10. The maximum absolute atomic E-state index is 11.5. The van der Waals surface area contributed by atoms with Gasteiger partial charge in [-0.25, -0.2) is 0 Å². The molecule has 14 heavy (non-hydrogen) atoms. The van der Waals surface area contributed by atoms with Crippen molar-refractivity contribution in [1.29, 1.82) is 0 Å². The van der Waals surface area contributed by atoms with Crippen LogP contribution in [0.1, 0.15) is 0 Å². The molecule has 0 saturated carbocycles. The number of halogens is 1. The number of ether oxygens (including phenoxy) is 1. The van der Waals surface area contributed by atoms with E-state index in [1.165, 1.54) is 13.3 Å². The first kappa shape index (κ1) is 11.3. The second-order valence-corrected chi connectivity index (χ2v) is 4.77. The van der Waals surface area contributed by atoms with Gasteiger partial charge in [-0.2, -0.15) is 0 Å². The SMILES string of the molecule is COC(=O)CS(=O)c1cncc(Br)c1. The second kappa shape index (κ2) is 5.21. The number of esters is 1. The van der Waals surface area contributed by atoms with E-state index in [-0.39, 0.29) is 5.75 Å². The minimum Gasteiger partial charge on any atom is -0.468 e. The van der Waals surface area contributed by atoms with E-state index < -0.39 is 16.8 Å². The number of carbonyl (C=O) groups excluding carboxylic acids is 1. The molecule has 6 heteroatoms. The Labute approximate surface area is 92.3 Å². The van der Waals surface area contributed by atoms with Gasteiger partial charge in [0.25, 0.3) is 0 Å². The number of hydrogen-bond donors (Lipinski definition) is 0. The zero-order chi connectivity index (χ0) is 10.6. The highest BCUT2D eigenvalue weighted by Gasteiger charge is 2.10. The summed E-state index contributed by atoms with van der Waals surface area (Å²) >= 11 is 3.20. The summed E-state index contributed by atoms with van der Waals surface area (Å²) in [7, 11) is -0.128. The summed E-state index contributed by atoms with van der Waals surface area (Å²) in [6.45, 7) is 0. The van der Waals surface area contributed by atoms with Crippen LogP contribution in [0.5, 0.6) is 0 Å². The summed E-state index contributed by atoms with van der Waals surface area (Å²) in [5, 5.41) is 0. The number of aromatic nitrogens is 1. The van der Waals surface area contributed by atoms with Crippen LogP contribution in [0.2, 0.25) is 0 Å². The van der Waals surface area contributed by atoms with Gasteiger partial charge in [0.1, 0.15) is 5.75 Å². The number of hydrogen-bond acceptors (Lipinski definition) is 4. The predicted octanol–water partition coefficient (Wildman–Crippen LogP) is 1.12. The molecule has 1 aromatic heterocycles. The Morgan fingerprint density at radius 2 is 2.36 bits per heavy atom. The highest BCUT2D eigenvalue weighted by Crippen LogP contribution is 2.12. The molecule has 0 N–H and O–H groups in total. The van der Waals surface area contributed by atoms with Crippen LogP contribution in [0.25, 0.3) is 0 Å². The maximum Gasteiger partial charge on any atom is 0.318 e. The molecule has 1 aromatic rings. The number of pyridine rings is 1. The lowest BCUT2D eigenvalue weighted by atomic mass is 10.5. The molecule has 0 aliphatic heterocycles. The Balaban J connectivity index is 2.75. The highest BCUT2D eigenvalue weighted by atomic mass is 79.9. The van der Waals surface area contributed by atoms with Gasteiger partial charge >= 0.3 is 5.97 Å². The lowest BCUT2D eigenvalue weighted by molar-refractivity contribution is -0.137. The number of nitrogens with zero attached hydrogens (tertiary/aromatic N) is 1. The topological polar surface area (TPSA) is 56.3 Å². The molecule has 1 heterocycles. The lowest BCUT2D eigenvalue weighted by Crippen LogP contribution is -2.12. The van der Waals surface area contributed by atoms with Gasteiger partial charge in [0.05, 0.1) is 22.8 Å². The molecule has 0 spiro atoms. The van der Waals surface area contributed by atoms with Crippen LogP contribution in [0.4, 0.5) is 0 Å². The van der Waals surface area contributed by atoms with E-state index in [2.05, 4.69) is 25.7 Å². The summed E-state index contributed by atoms with van der Waals surface area (Å²) in [5.74, 6) is -0.641. The fourth-order valence-electron chi connectivity index (χ4n) is 0.766. The van der Waals surface area contributed by atoms with Gasteiger partial charge in [0, 0.05) is 16.9 Å². The van der Waals surface area contributed by atoms with Gasteiger partial charge < -0.3 is 4.74 Å². The molecule has 0 aliphatic rings. The van der Waals surface area contributed by atoms with Gasteiger partial charge in [-0.05, 0) is 22.0 Å². The van der Waals surface area contributed by atoms with Crippen molar-refractivity contribution in [1.82, 2.24) is 4.98 Å². The molecule has 0 aromatic carbocycles. The molecular formula is C8H8BrNO3S. The zero-order valence-electron chi connectivity index (χ0n) is 7.40. The Bertz CT molecular complexity index is 369. The van der Waals surface area contributed by atoms with E-state index in [0.717, 1.165) is 4.47 Å². The molecule has 1 unspecified atom stereocenters. The van der Waals surface area contributed by atoms with Gasteiger partial charge in [0.15, 0.2) is 0 Å². The first-order valence-electron chi connectivity index (χ1n) is 3.69. The third-order valence-electron chi connectivity index (χ3n) is 1.42. The zero-order valence-corrected chi connectivity index (χ0v) is 9.80. The summed E-state index contributed by atoms with van der Waals surface area (Å²) < 4.78 is 16.7. The van der Waals surface area contributed by atoms with Gasteiger partial charge in [-0.15, -0.1) is 0 Å². The molecular weight excluding hydrogens is 270 g/mol. The fourth-order valence-corrected chi connectivity index (χ4v) is 2.22. The van der Waals surface area contributed by atoms with Crippen molar-refractivity contribution >= 4 is 32.7 Å². The van der Waals surface area contributed by atoms with Crippen LogP contribution < -0.4 is 0 Å². The lowest BCUT2D eigenvalue weighted by Gasteiger charge is -2.00. The van der Waals surface area contributed by atoms with Crippen molar-refractivity contribution in [2.24, 2.45) is 0 Å². The molecule has 1 atom stereocenters. The molecule has 76 valence electrons. The highest BCUT2D eigenvalue weighted by molar-refractivity contribution is 9.10. The van der Waals surface area contributed by atoms with Crippen molar-refractivity contribution < 1.29 is 13.7 Å². The monoisotopic (exact) mass is 277 g/mol. The number of methoxy groups -OCH3 is 1. The normalized spacial score (nSPS) is 12.1. The molecule has 0 radical (unpaired) electrons. The second-order valence-electron chi connectivity index (χ2n) is 2.40. The quantitative estimate of drug-likeness (QED) is 0.778. The van der Waals surface area contributed by atoms with Crippen molar-refractivity contribution in [3.05, 3.63) is 22.9 Å². The van der Waals surface area contributed by atoms with Crippen molar-refractivity contribution in [2.75, 3.05) is 12.9 Å². The van der Waals surface area contributed by atoms with Crippen LogP contribution >= 0.6 is 15.9 Å². The average Bonchev–Trinajstić information content (AvgIpc) is 2.17. The van der Waals surface area contributed by atoms with E-state index in [0.29, 0.717) is 4.90 Å². The Morgan fingerprint density at radius 1 is 1.64 bits per heavy atom. The summed E-state index contributed by atoms with van der Waals surface area (Å²) in [5.41, 5.74) is 0. The first-order valence-corrected chi connectivity index (χ1v) is 5.80. The maximum atomic E-state index is 11.5. The minimum absolute atomic E-state index is 0.144. The van der Waals surface area contributed by atoms with E-state index in [4.69, 9.17) is 0 Å². The summed E-state index contributed by atoms with van der Waals surface area (Å²) in [6, 6.07) is 1.66. The Kier molecular flexibility index (Phi) is 4.21. The molecule has 0 amide bonds. The van der Waals surface area contributed by atoms with Gasteiger partial charge in [0.2, 0.25) is 0 Å². The minimum atomic E-state index is -1.39. The fraction of sp³-hybridized carbons (Fsp3) is 0.250. The molecule has 1 rings (SSSR count). The van der Waals surface area contributed by atoms with Gasteiger partial charge in [-0.1, -0.05) is 0 Å². The smallest absolute Gasteiger partial charge is 0.318 e. The van der Waals surface area contributed by atoms with E-state index in [1.54, 1.807) is 12.3 Å². The van der Waals surface area contributed by atoms with Crippen LogP contribution in [0.15, 0.2) is 27.8 Å². The van der Waals surface area contributed by atoms with Crippen molar-refractivity contribution in [3.8, 4) is 0 Å². The summed E-state index contributed by atoms with van der Waals surface area (Å²) in [6.07, 6.45) is 3.04. The molecule has 4 nitrogen and oxygen atoms in total. The molecule has 0 aliphatic carbocycles. The van der Waals surface area contributed by atoms with E-state index in [1.807, 2.05) is 0 Å². The van der Waals surface area contributed by atoms with Crippen LogP contribution in [0, 0.1) is 0 Å². The molecule has 0 bridgehead atoms. The number of carbonyl (C=O) groups is 1. The largest absolute Gasteiger partial charge is 0.468 e. The standard InChI is InChI=1S/C8H8BrNO3S/c1-13-8(11)5-14(12)7-2-6(9)3-10-4-7/h2-4H,5H2,1H3. The van der Waals surface area contributed by atoms with E-state index in [9.17, 15) is 9.00 Å². The van der Waals surface area contributed by atoms with Crippen molar-refractivity contribution in [2.45, 2.75) is 4.90 Å². The predicted molar refractivity (Wildman–Crippen MR) is 55.2 cm³/mol.